The van der Waals surface area contributed by atoms with Gasteiger partial charge in [0.2, 0.25) is 0 Å². The molecule has 2 heterocycles. The van der Waals surface area contributed by atoms with Crippen LogP contribution in [0, 0.1) is 13.8 Å². The third-order valence-electron chi connectivity index (χ3n) is 5.80. The molecule has 2 fully saturated rings. The molecular formula is C24H25NO. The van der Waals surface area contributed by atoms with Crippen LogP contribution in [0.1, 0.15) is 35.1 Å². The minimum absolute atomic E-state index is 0.223. The van der Waals surface area contributed by atoms with E-state index >= 15 is 0 Å². The van der Waals surface area contributed by atoms with Crippen molar-refractivity contribution in [2.45, 2.75) is 38.8 Å². The molecule has 0 aliphatic carbocycles. The average molecular weight is 343 g/mol. The second-order valence-electron chi connectivity index (χ2n) is 7.57. The van der Waals surface area contributed by atoms with Gasteiger partial charge in [0.05, 0.1) is 0 Å². The molecule has 26 heavy (non-hydrogen) atoms. The van der Waals surface area contributed by atoms with E-state index in [2.05, 4.69) is 74.3 Å². The van der Waals surface area contributed by atoms with Gasteiger partial charge in [0, 0.05) is 23.2 Å². The second kappa shape index (κ2) is 6.69. The Bertz CT molecular complexity index is 921. The Morgan fingerprint density at radius 3 is 2.31 bits per heavy atom. The van der Waals surface area contributed by atoms with Crippen LogP contribution < -0.4 is 0 Å². The molecule has 2 aromatic carbocycles. The summed E-state index contributed by atoms with van der Waals surface area (Å²) < 4.78 is 0. The van der Waals surface area contributed by atoms with Crippen molar-refractivity contribution < 1.29 is 4.79 Å². The van der Waals surface area contributed by atoms with E-state index < -0.39 is 0 Å². The number of nitrogens with zero attached hydrogens (tertiary/aromatic N) is 1. The van der Waals surface area contributed by atoms with Crippen LogP contribution in [0.5, 0.6) is 0 Å². The maximum absolute atomic E-state index is 13.4. The highest BCUT2D eigenvalue weighted by Crippen LogP contribution is 2.40. The third-order valence-corrected chi connectivity index (χ3v) is 5.80. The van der Waals surface area contributed by atoms with Crippen LogP contribution >= 0.6 is 0 Å². The Kier molecular flexibility index (Phi) is 4.37. The zero-order chi connectivity index (χ0) is 18.3. The molecular weight excluding hydrogens is 318 g/mol. The van der Waals surface area contributed by atoms with Crippen LogP contribution in [0.25, 0.3) is 12.2 Å². The molecule has 0 radical (unpaired) electrons. The van der Waals surface area contributed by atoms with Crippen molar-refractivity contribution in [1.29, 1.82) is 0 Å². The highest BCUT2D eigenvalue weighted by atomic mass is 16.1. The molecule has 0 spiro atoms. The van der Waals surface area contributed by atoms with Crippen molar-refractivity contribution in [2.75, 3.05) is 7.05 Å². The van der Waals surface area contributed by atoms with Crippen LogP contribution in [-0.2, 0) is 4.79 Å². The third kappa shape index (κ3) is 2.95. The SMILES string of the molecule is Cc1cccc(/C=C2/C(=O)/C(=C/c3ccccc3C)[C@H]3CC[C@H]2N3C)c1. The summed E-state index contributed by atoms with van der Waals surface area (Å²) in [4.78, 5) is 15.8. The van der Waals surface area contributed by atoms with Crippen LogP contribution in [0.2, 0.25) is 0 Å². The molecule has 2 aromatic rings. The van der Waals surface area contributed by atoms with Crippen LogP contribution in [0.3, 0.4) is 0 Å². The van der Waals surface area contributed by atoms with E-state index in [1.807, 2.05) is 12.1 Å². The maximum Gasteiger partial charge on any atom is 0.188 e. The lowest BCUT2D eigenvalue weighted by Crippen LogP contribution is -2.43. The molecule has 0 unspecified atom stereocenters. The minimum atomic E-state index is 0.223. The molecule has 2 bridgehead atoms. The molecule has 2 aliphatic heterocycles. The van der Waals surface area contributed by atoms with Crippen molar-refractivity contribution >= 4 is 17.9 Å². The van der Waals surface area contributed by atoms with Gasteiger partial charge in [0.25, 0.3) is 0 Å². The van der Waals surface area contributed by atoms with E-state index in [9.17, 15) is 4.79 Å². The van der Waals surface area contributed by atoms with Gasteiger partial charge in [-0.15, -0.1) is 0 Å². The number of rotatable bonds is 2. The molecule has 0 N–H and O–H groups in total. The van der Waals surface area contributed by atoms with E-state index in [4.69, 9.17) is 0 Å². The highest BCUT2D eigenvalue weighted by molar-refractivity contribution is 6.16. The van der Waals surface area contributed by atoms with Crippen molar-refractivity contribution in [3.63, 3.8) is 0 Å². The lowest BCUT2D eigenvalue weighted by molar-refractivity contribution is -0.114. The lowest BCUT2D eigenvalue weighted by Gasteiger charge is -2.34. The predicted octanol–water partition coefficient (Wildman–Crippen LogP) is 4.82. The quantitative estimate of drug-likeness (QED) is 0.729. The predicted molar refractivity (Wildman–Crippen MR) is 108 cm³/mol. The van der Waals surface area contributed by atoms with Crippen molar-refractivity contribution in [1.82, 2.24) is 4.90 Å². The van der Waals surface area contributed by atoms with Crippen LogP contribution in [0.15, 0.2) is 59.7 Å². The van der Waals surface area contributed by atoms with Crippen molar-refractivity contribution in [2.24, 2.45) is 0 Å². The number of hydrogen-bond acceptors (Lipinski definition) is 2. The average Bonchev–Trinajstić information content (AvgIpc) is 2.93. The van der Waals surface area contributed by atoms with E-state index in [1.165, 1.54) is 11.1 Å². The zero-order valence-electron chi connectivity index (χ0n) is 15.7. The van der Waals surface area contributed by atoms with E-state index in [1.54, 1.807) is 0 Å². The fourth-order valence-electron chi connectivity index (χ4n) is 4.34. The summed E-state index contributed by atoms with van der Waals surface area (Å²) in [5, 5.41) is 0. The number of benzene rings is 2. The van der Waals surface area contributed by atoms with Crippen molar-refractivity contribution in [3.8, 4) is 0 Å². The van der Waals surface area contributed by atoms with Crippen LogP contribution in [-0.4, -0.2) is 29.8 Å². The van der Waals surface area contributed by atoms with Gasteiger partial charge in [-0.1, -0.05) is 54.1 Å². The van der Waals surface area contributed by atoms with Crippen molar-refractivity contribution in [3.05, 3.63) is 81.9 Å². The van der Waals surface area contributed by atoms with Gasteiger partial charge in [-0.2, -0.15) is 0 Å². The Labute approximate surface area is 155 Å². The highest BCUT2D eigenvalue weighted by Gasteiger charge is 2.44. The number of piperidine rings is 1. The van der Waals surface area contributed by atoms with Gasteiger partial charge in [0.15, 0.2) is 5.78 Å². The van der Waals surface area contributed by atoms with Gasteiger partial charge in [-0.05, 0) is 62.6 Å². The van der Waals surface area contributed by atoms with Gasteiger partial charge in [0.1, 0.15) is 0 Å². The normalized spacial score (nSPS) is 26.0. The fraction of sp³-hybridized carbons (Fsp3) is 0.292. The summed E-state index contributed by atoms with van der Waals surface area (Å²) in [6.07, 6.45) is 6.32. The number of carbonyl (C=O) groups excluding carboxylic acids is 1. The standard InChI is InChI=1S/C24H25NO/c1-16-7-6-9-18(13-16)14-20-22-11-12-23(25(22)3)21(24(20)26)15-19-10-5-4-8-17(19)2/h4-10,13-15,22-23H,11-12H2,1-3H3/b20-14+,21-15+/t22-,23-/m1/s1. The smallest absolute Gasteiger partial charge is 0.188 e. The molecule has 2 nitrogen and oxygen atoms in total. The molecule has 132 valence electrons. The molecule has 0 amide bonds. The summed E-state index contributed by atoms with van der Waals surface area (Å²) in [7, 11) is 2.16. The van der Waals surface area contributed by atoms with E-state index in [-0.39, 0.29) is 17.9 Å². The Balaban J connectivity index is 1.80. The van der Waals surface area contributed by atoms with Gasteiger partial charge < -0.3 is 0 Å². The first-order valence-electron chi connectivity index (χ1n) is 9.37. The molecule has 4 rings (SSSR count). The summed E-state index contributed by atoms with van der Waals surface area (Å²) >= 11 is 0. The molecule has 2 saturated heterocycles. The van der Waals surface area contributed by atoms with E-state index in [0.717, 1.165) is 35.1 Å². The van der Waals surface area contributed by atoms with Gasteiger partial charge in [-0.3, -0.25) is 9.69 Å². The number of carbonyl (C=O) groups is 1. The van der Waals surface area contributed by atoms with Gasteiger partial charge >= 0.3 is 0 Å². The zero-order valence-corrected chi connectivity index (χ0v) is 15.7. The molecule has 2 atom stereocenters. The monoisotopic (exact) mass is 343 g/mol. The number of hydrogen-bond donors (Lipinski definition) is 0. The summed E-state index contributed by atoms with van der Waals surface area (Å²) in [5.74, 6) is 0.223. The first-order chi connectivity index (χ1) is 12.5. The second-order valence-corrected chi connectivity index (χ2v) is 7.57. The largest absolute Gasteiger partial charge is 0.292 e. The lowest BCUT2D eigenvalue weighted by atomic mass is 9.88. The number of fused-ring (bicyclic) bond motifs is 2. The summed E-state index contributed by atoms with van der Waals surface area (Å²) in [5.41, 5.74) is 6.56. The van der Waals surface area contributed by atoms with Gasteiger partial charge in [-0.25, -0.2) is 0 Å². The van der Waals surface area contributed by atoms with Crippen LogP contribution in [0.4, 0.5) is 0 Å². The maximum atomic E-state index is 13.4. The number of ketones is 1. The first-order valence-corrected chi connectivity index (χ1v) is 9.37. The fourth-order valence-corrected chi connectivity index (χ4v) is 4.34. The Morgan fingerprint density at radius 1 is 0.923 bits per heavy atom. The number of aryl methyl sites for hydroxylation is 2. The number of Topliss-reactive ketones (excluding diaryl/α,β-unsaturated/α-hetero) is 1. The summed E-state index contributed by atoms with van der Waals surface area (Å²) in [6.45, 7) is 4.19. The topological polar surface area (TPSA) is 20.3 Å². The van der Waals surface area contributed by atoms with E-state index in [0.29, 0.717) is 0 Å². The molecule has 2 aliphatic rings. The molecule has 0 saturated carbocycles. The number of likely N-dealkylation sites (N-methyl/N-ethyl adjacent to an activating group) is 1. The first kappa shape index (κ1) is 17.0. The minimum Gasteiger partial charge on any atom is -0.292 e. The summed E-state index contributed by atoms with van der Waals surface area (Å²) in [6, 6.07) is 17.1. The Morgan fingerprint density at radius 2 is 1.62 bits per heavy atom. The molecule has 0 aromatic heterocycles. The Hall–Kier alpha value is -2.45. The molecule has 2 heteroatoms.